The van der Waals surface area contributed by atoms with Gasteiger partial charge in [0.25, 0.3) is 0 Å². The Labute approximate surface area is 128 Å². The summed E-state index contributed by atoms with van der Waals surface area (Å²) in [4.78, 5) is 23.3. The molecule has 110 valence electrons. The number of rotatable bonds is 5. The van der Waals surface area contributed by atoms with Gasteiger partial charge < -0.3 is 10.6 Å². The lowest BCUT2D eigenvalue weighted by Crippen LogP contribution is -2.39. The molecule has 2 N–H and O–H groups in total. The third kappa shape index (κ3) is 5.74. The lowest BCUT2D eigenvalue weighted by atomic mass is 9.92. The summed E-state index contributed by atoms with van der Waals surface area (Å²) in [6.45, 7) is 6.27. The summed E-state index contributed by atoms with van der Waals surface area (Å²) in [5.41, 5.74) is 0.605. The van der Waals surface area contributed by atoms with E-state index in [1.807, 2.05) is 51.1 Å². The van der Waals surface area contributed by atoms with Crippen LogP contribution >= 0.6 is 15.9 Å². The number of anilines is 1. The van der Waals surface area contributed by atoms with Crippen molar-refractivity contribution < 1.29 is 9.59 Å². The van der Waals surface area contributed by atoms with E-state index in [1.165, 1.54) is 0 Å². The number of hydrogen-bond donors (Lipinski definition) is 2. The molecule has 0 aromatic heterocycles. The van der Waals surface area contributed by atoms with Gasteiger partial charge >= 0.3 is 0 Å². The van der Waals surface area contributed by atoms with E-state index in [4.69, 9.17) is 0 Å². The number of nitrogens with one attached hydrogen (secondary N) is 2. The second kappa shape index (κ2) is 7.43. The van der Waals surface area contributed by atoms with Crippen LogP contribution in [0, 0.1) is 5.41 Å². The number of carbonyl (C=O) groups excluding carboxylic acids is 2. The van der Waals surface area contributed by atoms with Gasteiger partial charge in [-0.1, -0.05) is 54.9 Å². The van der Waals surface area contributed by atoms with E-state index in [2.05, 4.69) is 26.6 Å². The monoisotopic (exact) mass is 340 g/mol. The average molecular weight is 341 g/mol. The maximum atomic E-state index is 11.8. The van der Waals surface area contributed by atoms with Crippen LogP contribution in [0.2, 0.25) is 0 Å². The number of benzene rings is 1. The summed E-state index contributed by atoms with van der Waals surface area (Å²) in [5.74, 6) is -0.205. The fourth-order valence-electron chi connectivity index (χ4n) is 1.53. The second-order valence-corrected chi connectivity index (χ2v) is 6.60. The van der Waals surface area contributed by atoms with Crippen LogP contribution < -0.4 is 10.6 Å². The van der Waals surface area contributed by atoms with Crippen molar-refractivity contribution in [3.63, 3.8) is 0 Å². The molecule has 0 saturated carbocycles. The van der Waals surface area contributed by atoms with Gasteiger partial charge in [0.1, 0.15) is 0 Å². The zero-order chi connectivity index (χ0) is 15.2. The maximum absolute atomic E-state index is 11.8. The largest absolute Gasteiger partial charge is 0.355 e. The van der Waals surface area contributed by atoms with Crippen molar-refractivity contribution >= 4 is 33.4 Å². The third-order valence-electron chi connectivity index (χ3n) is 2.70. The molecule has 2 amide bonds. The molecule has 1 aromatic carbocycles. The first-order valence-electron chi connectivity index (χ1n) is 6.57. The highest BCUT2D eigenvalue weighted by molar-refractivity contribution is 9.10. The van der Waals surface area contributed by atoms with Crippen molar-refractivity contribution in [3.8, 4) is 0 Å². The highest BCUT2D eigenvalue weighted by Crippen LogP contribution is 2.25. The van der Waals surface area contributed by atoms with Gasteiger partial charge in [0.05, 0.1) is 4.83 Å². The predicted molar refractivity (Wildman–Crippen MR) is 84.9 cm³/mol. The lowest BCUT2D eigenvalue weighted by Gasteiger charge is -2.24. The molecule has 0 radical (unpaired) electrons. The highest BCUT2D eigenvalue weighted by atomic mass is 79.9. The molecular formula is C15H21BrN2O2. The first kappa shape index (κ1) is 16.7. The number of halogens is 1. The van der Waals surface area contributed by atoms with Crippen LogP contribution in [-0.2, 0) is 9.59 Å². The van der Waals surface area contributed by atoms with Crippen molar-refractivity contribution in [2.24, 2.45) is 5.41 Å². The molecule has 1 unspecified atom stereocenters. The summed E-state index contributed by atoms with van der Waals surface area (Å²) in [7, 11) is 0. The number of carbonyl (C=O) groups is 2. The Morgan fingerprint density at radius 1 is 1.20 bits per heavy atom. The minimum absolute atomic E-state index is 0.0926. The molecule has 0 spiro atoms. The van der Waals surface area contributed by atoms with E-state index in [0.29, 0.717) is 6.54 Å². The predicted octanol–water partition coefficient (Wildman–Crippen LogP) is 2.94. The van der Waals surface area contributed by atoms with Crippen LogP contribution in [0.4, 0.5) is 5.69 Å². The molecule has 0 saturated heterocycles. The van der Waals surface area contributed by atoms with Crippen molar-refractivity contribution in [2.75, 3.05) is 11.9 Å². The average Bonchev–Trinajstić information content (AvgIpc) is 2.37. The molecule has 0 bridgehead atoms. The SMILES string of the molecule is CC(C)(C)C(Br)C(=O)NCCC(=O)Nc1ccccc1. The summed E-state index contributed by atoms with van der Waals surface area (Å²) >= 11 is 3.37. The van der Waals surface area contributed by atoms with E-state index >= 15 is 0 Å². The first-order valence-corrected chi connectivity index (χ1v) is 7.49. The Kier molecular flexibility index (Phi) is 6.20. The highest BCUT2D eigenvalue weighted by Gasteiger charge is 2.28. The zero-order valence-corrected chi connectivity index (χ0v) is 13.7. The Bertz CT molecular complexity index is 455. The molecule has 0 fully saturated rings. The third-order valence-corrected chi connectivity index (χ3v) is 4.49. The Morgan fingerprint density at radius 2 is 1.80 bits per heavy atom. The van der Waals surface area contributed by atoms with Crippen LogP contribution in [0.3, 0.4) is 0 Å². The molecule has 4 nitrogen and oxygen atoms in total. The molecule has 0 aliphatic rings. The summed E-state index contributed by atoms with van der Waals surface area (Å²) in [6, 6.07) is 9.25. The van der Waals surface area contributed by atoms with Gasteiger partial charge in [-0.3, -0.25) is 9.59 Å². The van der Waals surface area contributed by atoms with Crippen molar-refractivity contribution in [1.29, 1.82) is 0 Å². The van der Waals surface area contributed by atoms with E-state index in [9.17, 15) is 9.59 Å². The quantitative estimate of drug-likeness (QED) is 0.809. The fourth-order valence-corrected chi connectivity index (χ4v) is 1.69. The van der Waals surface area contributed by atoms with E-state index in [0.717, 1.165) is 5.69 Å². The summed E-state index contributed by atoms with van der Waals surface area (Å²) in [5, 5.41) is 5.53. The maximum Gasteiger partial charge on any atom is 0.234 e. The molecule has 1 atom stereocenters. The molecule has 1 rings (SSSR count). The standard InChI is InChI=1S/C15H21BrN2O2/c1-15(2,3)13(16)14(20)17-10-9-12(19)18-11-7-5-4-6-8-11/h4-8,13H,9-10H2,1-3H3,(H,17,20)(H,18,19). The van der Waals surface area contributed by atoms with Crippen LogP contribution in [0.15, 0.2) is 30.3 Å². The number of para-hydroxylation sites is 1. The molecule has 0 aliphatic heterocycles. The minimum atomic E-state index is -0.271. The number of hydrogen-bond acceptors (Lipinski definition) is 2. The molecule has 1 aromatic rings. The number of alkyl halides is 1. The lowest BCUT2D eigenvalue weighted by molar-refractivity contribution is -0.122. The normalized spacial score (nSPS) is 12.6. The number of amides is 2. The minimum Gasteiger partial charge on any atom is -0.355 e. The molecule has 5 heteroatoms. The van der Waals surface area contributed by atoms with Crippen LogP contribution in [0.5, 0.6) is 0 Å². The Balaban J connectivity index is 2.31. The fraction of sp³-hybridized carbons (Fsp3) is 0.467. The Hall–Kier alpha value is -1.36. The van der Waals surface area contributed by atoms with Gasteiger partial charge in [-0.05, 0) is 17.5 Å². The van der Waals surface area contributed by atoms with Crippen LogP contribution in [0.1, 0.15) is 27.2 Å². The van der Waals surface area contributed by atoms with Gasteiger partial charge in [-0.2, -0.15) is 0 Å². The molecule has 0 heterocycles. The van der Waals surface area contributed by atoms with E-state index in [-0.39, 0.29) is 28.5 Å². The van der Waals surface area contributed by atoms with Gasteiger partial charge in [-0.25, -0.2) is 0 Å². The van der Waals surface area contributed by atoms with Crippen LogP contribution in [0.25, 0.3) is 0 Å². The van der Waals surface area contributed by atoms with Gasteiger partial charge in [-0.15, -0.1) is 0 Å². The van der Waals surface area contributed by atoms with Crippen molar-refractivity contribution in [1.82, 2.24) is 5.32 Å². The van der Waals surface area contributed by atoms with Gasteiger partial charge in [0, 0.05) is 18.7 Å². The summed E-state index contributed by atoms with van der Waals surface area (Å²) in [6.07, 6.45) is 0.254. The van der Waals surface area contributed by atoms with Gasteiger partial charge in [0.2, 0.25) is 11.8 Å². The van der Waals surface area contributed by atoms with E-state index < -0.39 is 0 Å². The van der Waals surface area contributed by atoms with Crippen molar-refractivity contribution in [3.05, 3.63) is 30.3 Å². The summed E-state index contributed by atoms with van der Waals surface area (Å²) < 4.78 is 0. The Morgan fingerprint density at radius 3 is 2.35 bits per heavy atom. The van der Waals surface area contributed by atoms with E-state index in [1.54, 1.807) is 0 Å². The van der Waals surface area contributed by atoms with Crippen LogP contribution in [-0.4, -0.2) is 23.2 Å². The molecular weight excluding hydrogens is 320 g/mol. The topological polar surface area (TPSA) is 58.2 Å². The smallest absolute Gasteiger partial charge is 0.234 e. The first-order chi connectivity index (χ1) is 9.30. The molecule has 0 aliphatic carbocycles. The zero-order valence-electron chi connectivity index (χ0n) is 12.1. The second-order valence-electron chi connectivity index (χ2n) is 5.68. The molecule has 20 heavy (non-hydrogen) atoms. The van der Waals surface area contributed by atoms with Gasteiger partial charge in [0.15, 0.2) is 0 Å². The van der Waals surface area contributed by atoms with Crippen molar-refractivity contribution in [2.45, 2.75) is 32.0 Å².